The third-order valence-electron chi connectivity index (χ3n) is 4.24. The number of nitrogens with zero attached hydrogens (tertiary/aromatic N) is 3. The maximum absolute atomic E-state index is 14.9. The summed E-state index contributed by atoms with van der Waals surface area (Å²) in [4.78, 5) is 28.4. The number of carbonyl (C=O) groups excluding carboxylic acids is 1. The number of alkyl halides is 3. The molecule has 0 radical (unpaired) electrons. The predicted octanol–water partition coefficient (Wildman–Crippen LogP) is 4.22. The van der Waals surface area contributed by atoms with Crippen LogP contribution >= 0.6 is 11.6 Å². The Balaban J connectivity index is 2.09. The Labute approximate surface area is 169 Å². The Morgan fingerprint density at radius 1 is 1.30 bits per heavy atom. The molecule has 0 aliphatic carbocycles. The SMILES string of the molecule is CCOC(=O)c1cc2c(-n3c(=O)cc(C(F)(F)F)n4ccnc34)c(F)cc(Cl)c2o1. The van der Waals surface area contributed by atoms with E-state index in [-0.39, 0.29) is 28.4 Å². The van der Waals surface area contributed by atoms with Crippen LogP contribution in [-0.2, 0) is 10.9 Å². The molecule has 12 heteroatoms. The van der Waals surface area contributed by atoms with Crippen molar-refractivity contribution in [1.29, 1.82) is 0 Å². The quantitative estimate of drug-likeness (QED) is 0.350. The highest BCUT2D eigenvalue weighted by Crippen LogP contribution is 2.35. The molecule has 0 spiro atoms. The number of esters is 1. The Bertz CT molecular complexity index is 1370. The largest absolute Gasteiger partial charge is 0.460 e. The van der Waals surface area contributed by atoms with Crippen LogP contribution in [0.5, 0.6) is 0 Å². The van der Waals surface area contributed by atoms with Crippen molar-refractivity contribution < 1.29 is 31.5 Å². The second-order valence-corrected chi connectivity index (χ2v) is 6.47. The summed E-state index contributed by atoms with van der Waals surface area (Å²) in [7, 11) is 0. The zero-order valence-corrected chi connectivity index (χ0v) is 15.7. The average Bonchev–Trinajstić information content (AvgIpc) is 3.29. The monoisotopic (exact) mass is 443 g/mol. The van der Waals surface area contributed by atoms with Gasteiger partial charge in [0, 0.05) is 24.5 Å². The molecule has 30 heavy (non-hydrogen) atoms. The van der Waals surface area contributed by atoms with Crippen LogP contribution in [0.4, 0.5) is 17.6 Å². The van der Waals surface area contributed by atoms with Crippen LogP contribution in [0.3, 0.4) is 0 Å². The first-order valence-electron chi connectivity index (χ1n) is 8.38. The molecular formula is C18H10ClF4N3O4. The van der Waals surface area contributed by atoms with Gasteiger partial charge in [-0.2, -0.15) is 13.2 Å². The van der Waals surface area contributed by atoms with E-state index in [1.54, 1.807) is 6.92 Å². The Kier molecular flexibility index (Phi) is 4.57. The van der Waals surface area contributed by atoms with Crippen molar-refractivity contribution in [3.8, 4) is 5.69 Å². The zero-order valence-electron chi connectivity index (χ0n) is 15.0. The fourth-order valence-electron chi connectivity index (χ4n) is 3.08. The smallest absolute Gasteiger partial charge is 0.432 e. The van der Waals surface area contributed by atoms with Gasteiger partial charge in [-0.15, -0.1) is 0 Å². The van der Waals surface area contributed by atoms with Crippen molar-refractivity contribution in [2.45, 2.75) is 13.1 Å². The molecular weight excluding hydrogens is 434 g/mol. The molecule has 0 saturated heterocycles. The zero-order chi connectivity index (χ0) is 21.8. The molecule has 0 aliphatic heterocycles. The predicted molar refractivity (Wildman–Crippen MR) is 96.5 cm³/mol. The second kappa shape index (κ2) is 6.87. The number of carbonyl (C=O) groups is 1. The average molecular weight is 444 g/mol. The van der Waals surface area contributed by atoms with Gasteiger partial charge in [-0.3, -0.25) is 9.20 Å². The van der Waals surface area contributed by atoms with Gasteiger partial charge in [0.15, 0.2) is 5.58 Å². The standard InChI is InChI=1S/C18H10ClF4N3O4/c1-2-29-16(28)11-5-8-14(10(20)6-9(19)15(8)30-11)26-13(27)7-12(18(21,22)23)25-4-3-24-17(25)26/h3-7H,2H2,1H3. The number of halogens is 5. The molecule has 0 bridgehead atoms. The van der Waals surface area contributed by atoms with Crippen molar-refractivity contribution in [2.24, 2.45) is 0 Å². The van der Waals surface area contributed by atoms with Crippen molar-refractivity contribution in [2.75, 3.05) is 6.61 Å². The van der Waals surface area contributed by atoms with Gasteiger partial charge >= 0.3 is 12.1 Å². The molecule has 156 valence electrons. The summed E-state index contributed by atoms with van der Waals surface area (Å²) in [6.07, 6.45) is -2.83. The van der Waals surface area contributed by atoms with Gasteiger partial charge in [0.1, 0.15) is 11.5 Å². The third-order valence-corrected chi connectivity index (χ3v) is 4.52. The van der Waals surface area contributed by atoms with Crippen LogP contribution in [0.2, 0.25) is 5.02 Å². The van der Waals surface area contributed by atoms with Crippen molar-refractivity contribution >= 4 is 34.3 Å². The lowest BCUT2D eigenvalue weighted by molar-refractivity contribution is -0.142. The summed E-state index contributed by atoms with van der Waals surface area (Å²) in [5.74, 6) is -2.70. The topological polar surface area (TPSA) is 78.7 Å². The number of ether oxygens (including phenoxy) is 1. The lowest BCUT2D eigenvalue weighted by Gasteiger charge is -2.14. The summed E-state index contributed by atoms with van der Waals surface area (Å²) >= 11 is 6.00. The first kappa shape index (κ1) is 20.0. The van der Waals surface area contributed by atoms with Crippen LogP contribution in [0, 0.1) is 5.82 Å². The minimum absolute atomic E-state index is 0.0396. The van der Waals surface area contributed by atoms with E-state index in [2.05, 4.69) is 4.98 Å². The summed E-state index contributed by atoms with van der Waals surface area (Å²) < 4.78 is 66.3. The van der Waals surface area contributed by atoms with E-state index in [0.717, 1.165) is 24.5 Å². The molecule has 1 aromatic carbocycles. The number of imidazole rings is 1. The summed E-state index contributed by atoms with van der Waals surface area (Å²) in [6, 6.07) is 2.24. The third kappa shape index (κ3) is 3.02. The van der Waals surface area contributed by atoms with Gasteiger partial charge in [-0.05, 0) is 13.0 Å². The van der Waals surface area contributed by atoms with E-state index in [0.29, 0.717) is 15.0 Å². The van der Waals surface area contributed by atoms with Gasteiger partial charge < -0.3 is 9.15 Å². The Morgan fingerprint density at radius 2 is 2.03 bits per heavy atom. The first-order chi connectivity index (χ1) is 14.1. The van der Waals surface area contributed by atoms with Crippen LogP contribution in [-0.4, -0.2) is 26.5 Å². The molecule has 3 aromatic heterocycles. The number of hydrogen-bond acceptors (Lipinski definition) is 5. The minimum Gasteiger partial charge on any atom is -0.460 e. The minimum atomic E-state index is -4.85. The molecule has 7 nitrogen and oxygen atoms in total. The van der Waals surface area contributed by atoms with Crippen molar-refractivity contribution in [1.82, 2.24) is 14.0 Å². The number of aromatic nitrogens is 3. The first-order valence-corrected chi connectivity index (χ1v) is 8.76. The van der Waals surface area contributed by atoms with Crippen LogP contribution in [0.1, 0.15) is 23.2 Å². The van der Waals surface area contributed by atoms with Gasteiger partial charge in [0.25, 0.3) is 5.56 Å². The molecule has 4 rings (SSSR count). The molecule has 0 unspecified atom stereocenters. The Hall–Kier alpha value is -3.34. The van der Waals surface area contributed by atoms with E-state index in [9.17, 15) is 27.2 Å². The lowest BCUT2D eigenvalue weighted by Crippen LogP contribution is -2.26. The fourth-order valence-corrected chi connectivity index (χ4v) is 3.31. The lowest BCUT2D eigenvalue weighted by atomic mass is 10.2. The highest BCUT2D eigenvalue weighted by atomic mass is 35.5. The van der Waals surface area contributed by atoms with Gasteiger partial charge in [-0.25, -0.2) is 18.7 Å². The number of fused-ring (bicyclic) bond motifs is 2. The molecule has 3 heterocycles. The summed E-state index contributed by atoms with van der Waals surface area (Å²) in [6.45, 7) is 1.60. The van der Waals surface area contributed by atoms with Gasteiger partial charge in [-0.1, -0.05) is 11.6 Å². The molecule has 0 amide bonds. The van der Waals surface area contributed by atoms with Gasteiger partial charge in [0.05, 0.1) is 22.7 Å². The number of rotatable bonds is 3. The molecule has 4 aromatic rings. The number of benzene rings is 1. The second-order valence-electron chi connectivity index (χ2n) is 6.06. The van der Waals surface area contributed by atoms with Gasteiger partial charge in [0.2, 0.25) is 11.5 Å². The molecule has 0 saturated carbocycles. The normalized spacial score (nSPS) is 12.1. The van der Waals surface area contributed by atoms with E-state index >= 15 is 0 Å². The van der Waals surface area contributed by atoms with E-state index in [4.69, 9.17) is 20.8 Å². The van der Waals surface area contributed by atoms with Crippen molar-refractivity contribution in [3.63, 3.8) is 0 Å². The maximum Gasteiger partial charge on any atom is 0.432 e. The summed E-state index contributed by atoms with van der Waals surface area (Å²) in [5.41, 5.74) is -3.08. The maximum atomic E-state index is 14.9. The molecule has 0 N–H and O–H groups in total. The highest BCUT2D eigenvalue weighted by molar-refractivity contribution is 6.35. The molecule has 0 atom stereocenters. The van der Waals surface area contributed by atoms with Crippen LogP contribution in [0.15, 0.2) is 39.8 Å². The van der Waals surface area contributed by atoms with E-state index in [1.807, 2.05) is 0 Å². The van der Waals surface area contributed by atoms with Crippen LogP contribution in [0.25, 0.3) is 22.4 Å². The number of furan rings is 1. The highest BCUT2D eigenvalue weighted by Gasteiger charge is 2.35. The summed E-state index contributed by atoms with van der Waals surface area (Å²) in [5, 5.41) is -0.323. The van der Waals surface area contributed by atoms with Crippen LogP contribution < -0.4 is 5.56 Å². The fraction of sp³-hybridized carbons (Fsp3) is 0.167. The van der Waals surface area contributed by atoms with E-state index < -0.39 is 40.7 Å². The van der Waals surface area contributed by atoms with Crippen molar-refractivity contribution in [3.05, 3.63) is 63.2 Å². The van der Waals surface area contributed by atoms with E-state index in [1.165, 1.54) is 0 Å². The molecule has 0 aliphatic rings. The number of hydrogen-bond donors (Lipinski definition) is 0. The molecule has 0 fully saturated rings. The Morgan fingerprint density at radius 3 is 2.70 bits per heavy atom.